The quantitative estimate of drug-likeness (QED) is 0.637. The molecule has 132 valence electrons. The van der Waals surface area contributed by atoms with Crippen molar-refractivity contribution in [1.29, 1.82) is 0 Å². The third-order valence-electron chi connectivity index (χ3n) is 4.39. The normalized spacial score (nSPS) is 16.2. The molecule has 1 unspecified atom stereocenters. The number of fused-ring (bicyclic) bond motifs is 1. The minimum absolute atomic E-state index is 0.114. The second-order valence-corrected chi connectivity index (χ2v) is 7.41. The van der Waals surface area contributed by atoms with Crippen LogP contribution in [0.1, 0.15) is 29.0 Å². The Morgan fingerprint density at radius 3 is 2.38 bits per heavy atom. The molecule has 0 amide bonds. The number of nitrogens with zero attached hydrogens (tertiary/aromatic N) is 3. The van der Waals surface area contributed by atoms with Crippen molar-refractivity contribution in [3.8, 4) is 11.4 Å². The fourth-order valence-electron chi connectivity index (χ4n) is 3.12. The Labute approximate surface area is 155 Å². The highest BCUT2D eigenvalue weighted by atomic mass is 32.2. The van der Waals surface area contributed by atoms with Gasteiger partial charge in [-0.1, -0.05) is 23.9 Å². The Kier molecular flexibility index (Phi) is 4.28. The van der Waals surface area contributed by atoms with Gasteiger partial charge in [0.15, 0.2) is 5.82 Å². The molecule has 2 aromatic carbocycles. The summed E-state index contributed by atoms with van der Waals surface area (Å²) in [6.45, 7) is 3.99. The van der Waals surface area contributed by atoms with Crippen LogP contribution in [0.3, 0.4) is 0 Å². The molecule has 0 fully saturated rings. The fourth-order valence-corrected chi connectivity index (χ4v) is 4.29. The van der Waals surface area contributed by atoms with E-state index in [4.69, 9.17) is 9.73 Å². The molecule has 4 rings (SSSR count). The first-order valence-electron chi connectivity index (χ1n) is 8.28. The fraction of sp³-hybridized carbons (Fsp3) is 0.200. The van der Waals surface area contributed by atoms with Crippen LogP contribution in [0, 0.1) is 12.7 Å². The smallest absolute Gasteiger partial charge is 0.161 e. The number of halogens is 1. The number of aliphatic imine (C=N–C) groups is 1. The van der Waals surface area contributed by atoms with E-state index in [1.54, 1.807) is 35.7 Å². The number of methoxy groups -OCH3 is 1. The van der Waals surface area contributed by atoms with Gasteiger partial charge in [0.25, 0.3) is 0 Å². The van der Waals surface area contributed by atoms with E-state index in [0.717, 1.165) is 33.6 Å². The number of thioether (sulfide) groups is 1. The topological polar surface area (TPSA) is 39.4 Å². The standard InChI is InChI=1S/C20H18FN3OS/c1-12-18-19(14-4-10-17(25-3)11-5-14)26-13(2)22-20(18)24(23-12)16-8-6-15(21)7-9-16/h4-11,19H,1-3H3. The van der Waals surface area contributed by atoms with Gasteiger partial charge >= 0.3 is 0 Å². The first-order chi connectivity index (χ1) is 12.6. The third kappa shape index (κ3) is 2.90. The van der Waals surface area contributed by atoms with Gasteiger partial charge in [-0.15, -0.1) is 0 Å². The molecule has 6 heteroatoms. The maximum absolute atomic E-state index is 13.3. The number of ether oxygens (including phenoxy) is 1. The average Bonchev–Trinajstić information content (AvgIpc) is 2.98. The highest BCUT2D eigenvalue weighted by Crippen LogP contribution is 2.47. The van der Waals surface area contributed by atoms with E-state index in [-0.39, 0.29) is 11.1 Å². The average molecular weight is 367 g/mol. The molecule has 1 aliphatic rings. The van der Waals surface area contributed by atoms with Crippen molar-refractivity contribution in [2.75, 3.05) is 7.11 Å². The molecule has 26 heavy (non-hydrogen) atoms. The number of hydrogen-bond donors (Lipinski definition) is 0. The highest BCUT2D eigenvalue weighted by molar-refractivity contribution is 8.14. The second kappa shape index (κ2) is 6.61. The van der Waals surface area contributed by atoms with Crippen LogP contribution >= 0.6 is 11.8 Å². The summed E-state index contributed by atoms with van der Waals surface area (Å²) in [5.74, 6) is 1.38. The zero-order valence-corrected chi connectivity index (χ0v) is 15.5. The van der Waals surface area contributed by atoms with Crippen LogP contribution < -0.4 is 4.74 Å². The number of rotatable bonds is 3. The van der Waals surface area contributed by atoms with Crippen LogP contribution in [0.5, 0.6) is 5.75 Å². The number of aryl methyl sites for hydroxylation is 1. The summed E-state index contributed by atoms with van der Waals surface area (Å²) in [5.41, 5.74) is 3.99. The molecule has 4 nitrogen and oxygen atoms in total. The van der Waals surface area contributed by atoms with Crippen molar-refractivity contribution in [3.63, 3.8) is 0 Å². The molecule has 0 spiro atoms. The van der Waals surface area contributed by atoms with Crippen LogP contribution in [0.2, 0.25) is 0 Å². The van der Waals surface area contributed by atoms with E-state index in [0.29, 0.717) is 0 Å². The van der Waals surface area contributed by atoms with E-state index in [1.807, 2.05) is 26.0 Å². The molecule has 0 aliphatic carbocycles. The summed E-state index contributed by atoms with van der Waals surface area (Å²) < 4.78 is 20.3. The Morgan fingerprint density at radius 1 is 1.04 bits per heavy atom. The molecule has 0 saturated carbocycles. The third-order valence-corrected chi connectivity index (χ3v) is 5.56. The number of benzene rings is 2. The lowest BCUT2D eigenvalue weighted by molar-refractivity contribution is 0.414. The van der Waals surface area contributed by atoms with E-state index in [1.165, 1.54) is 17.7 Å². The van der Waals surface area contributed by atoms with E-state index < -0.39 is 0 Å². The lowest BCUT2D eigenvalue weighted by Crippen LogP contribution is -2.06. The van der Waals surface area contributed by atoms with Gasteiger partial charge in [-0.05, 0) is 55.8 Å². The van der Waals surface area contributed by atoms with Crippen molar-refractivity contribution in [2.45, 2.75) is 19.1 Å². The Hall–Kier alpha value is -2.60. The molecular formula is C20H18FN3OS. The SMILES string of the molecule is COc1ccc(C2SC(C)=Nc3c2c(C)nn3-c2ccc(F)cc2)cc1. The van der Waals surface area contributed by atoms with Crippen molar-refractivity contribution >= 4 is 22.6 Å². The molecule has 1 atom stereocenters. The van der Waals surface area contributed by atoms with Gasteiger partial charge in [-0.2, -0.15) is 5.10 Å². The second-order valence-electron chi connectivity index (χ2n) is 6.11. The van der Waals surface area contributed by atoms with Crippen LogP contribution in [0.25, 0.3) is 5.69 Å². The summed E-state index contributed by atoms with van der Waals surface area (Å²) in [6, 6.07) is 14.4. The zero-order valence-electron chi connectivity index (χ0n) is 14.7. The molecule has 0 N–H and O–H groups in total. The van der Waals surface area contributed by atoms with E-state index in [2.05, 4.69) is 17.2 Å². The van der Waals surface area contributed by atoms with Crippen molar-refractivity contribution in [3.05, 3.63) is 71.2 Å². The number of aromatic nitrogens is 2. The van der Waals surface area contributed by atoms with E-state index in [9.17, 15) is 4.39 Å². The van der Waals surface area contributed by atoms with E-state index >= 15 is 0 Å². The van der Waals surface area contributed by atoms with Gasteiger partial charge in [-0.3, -0.25) is 0 Å². The predicted molar refractivity (Wildman–Crippen MR) is 103 cm³/mol. The molecule has 0 radical (unpaired) electrons. The Morgan fingerprint density at radius 2 is 1.73 bits per heavy atom. The molecule has 0 saturated heterocycles. The van der Waals surface area contributed by atoms with Crippen LogP contribution in [0.15, 0.2) is 53.5 Å². The molecule has 0 bridgehead atoms. The zero-order chi connectivity index (χ0) is 18.3. The molecule has 2 heterocycles. The summed E-state index contributed by atoms with van der Waals surface area (Å²) in [7, 11) is 1.66. The summed E-state index contributed by atoms with van der Waals surface area (Å²) in [4.78, 5) is 4.74. The van der Waals surface area contributed by atoms with Crippen molar-refractivity contribution in [2.24, 2.45) is 4.99 Å². The van der Waals surface area contributed by atoms with Crippen molar-refractivity contribution < 1.29 is 9.13 Å². The predicted octanol–water partition coefficient (Wildman–Crippen LogP) is 5.21. The van der Waals surface area contributed by atoms with Gasteiger partial charge in [0, 0.05) is 5.56 Å². The monoisotopic (exact) mass is 367 g/mol. The summed E-state index contributed by atoms with van der Waals surface area (Å²) in [5, 5.41) is 5.77. The molecule has 1 aromatic heterocycles. The maximum Gasteiger partial charge on any atom is 0.161 e. The Bertz CT molecular complexity index is 978. The minimum Gasteiger partial charge on any atom is -0.497 e. The van der Waals surface area contributed by atoms with Crippen LogP contribution in [-0.2, 0) is 0 Å². The molecular weight excluding hydrogens is 349 g/mol. The summed E-state index contributed by atoms with van der Waals surface area (Å²) >= 11 is 1.72. The van der Waals surface area contributed by atoms with Crippen LogP contribution in [-0.4, -0.2) is 21.9 Å². The van der Waals surface area contributed by atoms with Gasteiger partial charge in [0.2, 0.25) is 0 Å². The van der Waals surface area contributed by atoms with Gasteiger partial charge in [0.05, 0.1) is 28.8 Å². The minimum atomic E-state index is -0.266. The molecule has 3 aromatic rings. The number of hydrogen-bond acceptors (Lipinski definition) is 4. The maximum atomic E-state index is 13.3. The molecule has 1 aliphatic heterocycles. The largest absolute Gasteiger partial charge is 0.497 e. The van der Waals surface area contributed by atoms with Gasteiger partial charge < -0.3 is 4.74 Å². The van der Waals surface area contributed by atoms with Crippen LogP contribution in [0.4, 0.5) is 10.2 Å². The highest BCUT2D eigenvalue weighted by Gasteiger charge is 2.30. The summed E-state index contributed by atoms with van der Waals surface area (Å²) in [6.07, 6.45) is 0. The van der Waals surface area contributed by atoms with Crippen molar-refractivity contribution in [1.82, 2.24) is 9.78 Å². The Balaban J connectivity index is 1.83. The first kappa shape index (κ1) is 16.8. The lowest BCUT2D eigenvalue weighted by Gasteiger charge is -2.22. The lowest BCUT2D eigenvalue weighted by atomic mass is 10.0. The van der Waals surface area contributed by atoms with Gasteiger partial charge in [-0.25, -0.2) is 14.1 Å². The first-order valence-corrected chi connectivity index (χ1v) is 9.16. The van der Waals surface area contributed by atoms with Gasteiger partial charge in [0.1, 0.15) is 11.6 Å².